The smallest absolute Gasteiger partial charge is 0.448 e. The number of aldehydes is 1. The molecule has 266 valence electrons. The number of carbonyl (C=O) groups is 1. The predicted molar refractivity (Wildman–Crippen MR) is 185 cm³/mol. The Balaban J connectivity index is 0.000000498. The number of allylic oxidation sites excluding steroid dienone is 2. The molecule has 0 aliphatic heterocycles. The molecular weight excluding hydrogens is 665 g/mol. The fraction of sp³-hybridized carbons (Fsp3) is 0.270. The van der Waals surface area contributed by atoms with Gasteiger partial charge in [-0.2, -0.15) is 23.7 Å². The number of benzene rings is 2. The molecule has 14 heteroatoms. The van der Waals surface area contributed by atoms with E-state index >= 15 is 0 Å². The number of nitrogens with one attached hydrogen (secondary N) is 2. The number of hydrogen-bond acceptors (Lipinski definition) is 11. The van der Waals surface area contributed by atoms with Gasteiger partial charge in [-0.25, -0.2) is 4.98 Å². The van der Waals surface area contributed by atoms with Crippen LogP contribution in [-0.4, -0.2) is 55.0 Å². The average molecular weight is 703 g/mol. The first-order valence-electron chi connectivity index (χ1n) is 15.6. The number of alkyl halides is 3. The van der Waals surface area contributed by atoms with Crippen LogP contribution in [0.4, 0.5) is 24.8 Å². The number of rotatable bonds is 12. The highest BCUT2D eigenvalue weighted by Crippen LogP contribution is 2.38. The summed E-state index contributed by atoms with van der Waals surface area (Å²) in [5, 5.41) is 35.3. The molecule has 3 N–H and O–H groups in total. The van der Waals surface area contributed by atoms with E-state index in [1.165, 1.54) is 6.92 Å². The fourth-order valence-corrected chi connectivity index (χ4v) is 4.43. The van der Waals surface area contributed by atoms with Gasteiger partial charge in [0, 0.05) is 38.2 Å². The molecule has 11 nitrogen and oxygen atoms in total. The van der Waals surface area contributed by atoms with Crippen molar-refractivity contribution < 1.29 is 37.3 Å². The van der Waals surface area contributed by atoms with Crippen LogP contribution in [-0.2, 0) is 22.6 Å². The minimum absolute atomic E-state index is 0.127. The van der Waals surface area contributed by atoms with Crippen LogP contribution < -0.4 is 20.1 Å². The van der Waals surface area contributed by atoms with Crippen LogP contribution in [0.1, 0.15) is 42.0 Å². The molecule has 0 amide bonds. The van der Waals surface area contributed by atoms with Crippen LogP contribution in [0.5, 0.6) is 11.5 Å². The molecule has 0 saturated heterocycles. The molecule has 1 aliphatic rings. The summed E-state index contributed by atoms with van der Waals surface area (Å²) in [5.74, 6) is 0.772. The van der Waals surface area contributed by atoms with Crippen LogP contribution in [0.3, 0.4) is 0 Å². The summed E-state index contributed by atoms with van der Waals surface area (Å²) in [7, 11) is 3.23. The molecule has 4 aromatic rings. The van der Waals surface area contributed by atoms with Crippen molar-refractivity contribution in [3.63, 3.8) is 0 Å². The zero-order valence-electron chi connectivity index (χ0n) is 28.3. The van der Waals surface area contributed by atoms with E-state index in [2.05, 4.69) is 32.7 Å². The average Bonchev–Trinajstić information content (AvgIpc) is 3.99. The number of methoxy groups -OCH3 is 2. The van der Waals surface area contributed by atoms with Gasteiger partial charge in [0.15, 0.2) is 5.76 Å². The second-order valence-corrected chi connectivity index (χ2v) is 10.6. The van der Waals surface area contributed by atoms with Gasteiger partial charge < -0.3 is 34.7 Å². The number of nitrogens with zero attached hydrogens (tertiary/aromatic N) is 4. The number of aliphatic hydroxyl groups excluding tert-OH is 1. The summed E-state index contributed by atoms with van der Waals surface area (Å²) in [4.78, 5) is 17.6. The molecule has 1 fully saturated rings. The number of hydrogen-bond donors (Lipinski definition) is 3. The monoisotopic (exact) mass is 702 g/mol. The highest BCUT2D eigenvalue weighted by Gasteiger charge is 2.39. The van der Waals surface area contributed by atoms with Gasteiger partial charge >= 0.3 is 6.18 Å². The number of aromatic nitrogens is 2. The molecule has 2 aromatic heterocycles. The van der Waals surface area contributed by atoms with Crippen molar-refractivity contribution in [1.82, 2.24) is 9.97 Å². The standard InChI is InChI=1S/C30H28N6O3.C5H5F3O.C2H4O/c1-37-14-15-39-25-11-7-23(8-12-25)28-26(16-31)29(34-19-21-5-9-24(38-2)10-6-21)36-30(27(28)17-32)35-20-22-4-3-13-33-18-22;6-5(7,8)4(9)3-1-2-3;1-2-3/h3-13,18H,14-15,19-20H2,1-2H3,(H2,34,35,36);9H,1-2H2;2H,1H3. The van der Waals surface area contributed by atoms with E-state index in [4.69, 9.17) is 24.1 Å². The third kappa shape index (κ3) is 12.1. The summed E-state index contributed by atoms with van der Waals surface area (Å²) < 4.78 is 50.3. The van der Waals surface area contributed by atoms with E-state index in [1.54, 1.807) is 38.7 Å². The van der Waals surface area contributed by atoms with Crippen molar-refractivity contribution in [3.8, 4) is 34.8 Å². The van der Waals surface area contributed by atoms with E-state index in [0.717, 1.165) is 23.2 Å². The normalized spacial score (nSPS) is 11.3. The maximum absolute atomic E-state index is 11.4. The van der Waals surface area contributed by atoms with E-state index in [9.17, 15) is 23.7 Å². The van der Waals surface area contributed by atoms with Crippen molar-refractivity contribution >= 4 is 17.9 Å². The van der Waals surface area contributed by atoms with Crippen LogP contribution in [0.25, 0.3) is 11.1 Å². The molecule has 0 radical (unpaired) electrons. The van der Waals surface area contributed by atoms with Gasteiger partial charge in [-0.3, -0.25) is 4.98 Å². The Kier molecular flexibility index (Phi) is 15.2. The van der Waals surface area contributed by atoms with Crippen molar-refractivity contribution in [3.05, 3.63) is 107 Å². The summed E-state index contributed by atoms with van der Waals surface area (Å²) in [6.07, 6.45) is 0.462. The highest BCUT2D eigenvalue weighted by molar-refractivity contribution is 5.85. The van der Waals surface area contributed by atoms with Crippen molar-refractivity contribution in [2.75, 3.05) is 38.1 Å². The van der Waals surface area contributed by atoms with E-state index < -0.39 is 11.9 Å². The minimum atomic E-state index is -4.52. The van der Waals surface area contributed by atoms with Gasteiger partial charge in [-0.1, -0.05) is 30.3 Å². The highest BCUT2D eigenvalue weighted by atomic mass is 19.4. The lowest BCUT2D eigenvalue weighted by Gasteiger charge is -2.17. The van der Waals surface area contributed by atoms with Crippen LogP contribution in [0.2, 0.25) is 0 Å². The Morgan fingerprint density at radius 2 is 1.47 bits per heavy atom. The van der Waals surface area contributed by atoms with E-state index in [1.807, 2.05) is 48.5 Å². The second-order valence-electron chi connectivity index (χ2n) is 10.6. The SMILES string of the molecule is CC=O.COCCOc1ccc(-c2c(C#N)c(NCc3ccc(OC)cc3)nc(NCc3cccnc3)c2C#N)cc1.OC(=C1CC1)C(F)(F)F. The number of pyridine rings is 2. The molecule has 0 bridgehead atoms. The van der Waals surface area contributed by atoms with Gasteiger partial charge in [0.1, 0.15) is 59.3 Å². The molecule has 0 spiro atoms. The van der Waals surface area contributed by atoms with Crippen molar-refractivity contribution in [2.45, 2.75) is 39.0 Å². The Bertz CT molecular complexity index is 1830. The number of ether oxygens (including phenoxy) is 3. The molecule has 1 aliphatic carbocycles. The molecule has 5 rings (SSSR count). The molecule has 2 heterocycles. The first kappa shape index (κ1) is 39.3. The Hall–Kier alpha value is -6.12. The van der Waals surface area contributed by atoms with Crippen molar-refractivity contribution in [1.29, 1.82) is 10.5 Å². The van der Waals surface area contributed by atoms with Crippen LogP contribution in [0.15, 0.2) is 84.4 Å². The summed E-state index contributed by atoms with van der Waals surface area (Å²) in [5.41, 5.74) is 3.78. The zero-order chi connectivity index (χ0) is 37.2. The largest absolute Gasteiger partial charge is 0.504 e. The van der Waals surface area contributed by atoms with Gasteiger partial charge in [-0.15, -0.1) is 0 Å². The lowest BCUT2D eigenvalue weighted by atomic mass is 9.95. The number of anilines is 2. The first-order valence-corrected chi connectivity index (χ1v) is 15.6. The summed E-state index contributed by atoms with van der Waals surface area (Å²) in [6.45, 7) is 3.16. The van der Waals surface area contributed by atoms with Gasteiger partial charge in [0.25, 0.3) is 0 Å². The Labute approximate surface area is 294 Å². The fourth-order valence-electron chi connectivity index (χ4n) is 4.43. The Morgan fingerprint density at radius 3 is 1.92 bits per heavy atom. The minimum Gasteiger partial charge on any atom is -0.504 e. The topological polar surface area (TPSA) is 162 Å². The third-order valence-electron chi connectivity index (χ3n) is 7.03. The van der Waals surface area contributed by atoms with Gasteiger partial charge in [0.05, 0.1) is 13.7 Å². The maximum Gasteiger partial charge on any atom is 0.448 e. The molecule has 51 heavy (non-hydrogen) atoms. The van der Waals surface area contributed by atoms with Crippen molar-refractivity contribution in [2.24, 2.45) is 0 Å². The van der Waals surface area contributed by atoms with Crippen LogP contribution in [0, 0.1) is 22.7 Å². The first-order chi connectivity index (χ1) is 24.6. The number of carbonyl (C=O) groups excluding carboxylic acids is 1. The number of nitriles is 2. The zero-order valence-corrected chi connectivity index (χ0v) is 28.3. The molecule has 2 aromatic carbocycles. The lowest BCUT2D eigenvalue weighted by molar-refractivity contribution is -0.121. The molecule has 0 unspecified atom stereocenters. The Morgan fingerprint density at radius 1 is 0.902 bits per heavy atom. The molecule has 0 atom stereocenters. The third-order valence-corrected chi connectivity index (χ3v) is 7.03. The number of aliphatic hydroxyl groups is 1. The predicted octanol–water partition coefficient (Wildman–Crippen LogP) is 7.50. The second kappa shape index (κ2) is 19.8. The van der Waals surface area contributed by atoms with E-state index in [-0.39, 0.29) is 16.7 Å². The van der Waals surface area contributed by atoms with Gasteiger partial charge in [0.2, 0.25) is 0 Å². The van der Waals surface area contributed by atoms with E-state index in [0.29, 0.717) is 67.7 Å². The number of halogens is 3. The van der Waals surface area contributed by atoms with Gasteiger partial charge in [-0.05, 0) is 72.4 Å². The summed E-state index contributed by atoms with van der Waals surface area (Å²) >= 11 is 0. The molecule has 1 saturated carbocycles. The maximum atomic E-state index is 11.4. The molecular formula is C37H37F3N6O5. The van der Waals surface area contributed by atoms with Crippen LogP contribution >= 0.6 is 0 Å². The summed E-state index contributed by atoms with van der Waals surface area (Å²) in [6, 6.07) is 23.2. The lowest BCUT2D eigenvalue weighted by Crippen LogP contribution is -2.11. The quantitative estimate of drug-likeness (QED) is 0.0761.